The molecule has 0 rings (SSSR count). The third kappa shape index (κ3) is 7.03. The first kappa shape index (κ1) is 12.9. The minimum atomic E-state index is 0.728. The van der Waals surface area contributed by atoms with Crippen molar-refractivity contribution < 1.29 is 0 Å². The Morgan fingerprint density at radius 2 is 1.92 bits per heavy atom. The molecule has 1 unspecified atom stereocenters. The van der Waals surface area contributed by atoms with Crippen LogP contribution >= 0.6 is 0 Å². The number of rotatable bonds is 8. The molecule has 0 radical (unpaired) electrons. The maximum absolute atomic E-state index is 3.42. The summed E-state index contributed by atoms with van der Waals surface area (Å²) in [6.07, 6.45) is 3.75. The van der Waals surface area contributed by atoms with E-state index in [1.54, 1.807) is 0 Å². The van der Waals surface area contributed by atoms with E-state index >= 15 is 0 Å². The molecule has 1 atom stereocenters. The van der Waals surface area contributed by atoms with Crippen LogP contribution in [0.25, 0.3) is 0 Å². The standard InChI is InChI=1S/C11H26N2/c1-5-8-12-9-7-10-13(4)11(3)6-2/h11-12H,5-10H2,1-4H3. The van der Waals surface area contributed by atoms with Crippen LogP contribution < -0.4 is 5.32 Å². The second-order valence-corrected chi connectivity index (χ2v) is 3.84. The molecule has 0 amide bonds. The molecule has 80 valence electrons. The average molecular weight is 186 g/mol. The van der Waals surface area contributed by atoms with Crippen molar-refractivity contribution in [2.75, 3.05) is 26.7 Å². The predicted octanol–water partition coefficient (Wildman–Crippen LogP) is 2.11. The number of hydrogen-bond acceptors (Lipinski definition) is 2. The fourth-order valence-electron chi connectivity index (χ4n) is 1.29. The van der Waals surface area contributed by atoms with Crippen molar-refractivity contribution in [2.24, 2.45) is 0 Å². The Labute approximate surface area is 83.7 Å². The lowest BCUT2D eigenvalue weighted by atomic mass is 10.2. The van der Waals surface area contributed by atoms with Crippen molar-refractivity contribution in [1.29, 1.82) is 0 Å². The molecule has 0 aliphatic heterocycles. The summed E-state index contributed by atoms with van der Waals surface area (Å²) in [5.41, 5.74) is 0. The van der Waals surface area contributed by atoms with E-state index in [1.807, 2.05) is 0 Å². The van der Waals surface area contributed by atoms with Gasteiger partial charge < -0.3 is 10.2 Å². The number of nitrogens with one attached hydrogen (secondary N) is 1. The molecular formula is C11H26N2. The lowest BCUT2D eigenvalue weighted by Crippen LogP contribution is -2.31. The van der Waals surface area contributed by atoms with Gasteiger partial charge in [0.15, 0.2) is 0 Å². The molecule has 0 aromatic rings. The molecule has 0 saturated carbocycles. The van der Waals surface area contributed by atoms with Gasteiger partial charge in [-0.15, -0.1) is 0 Å². The maximum atomic E-state index is 3.42. The Balaban J connectivity index is 3.21. The van der Waals surface area contributed by atoms with Gasteiger partial charge in [-0.05, 0) is 52.9 Å². The maximum Gasteiger partial charge on any atom is 0.00612 e. The van der Waals surface area contributed by atoms with Crippen molar-refractivity contribution in [3.8, 4) is 0 Å². The van der Waals surface area contributed by atoms with Gasteiger partial charge in [0, 0.05) is 6.04 Å². The summed E-state index contributed by atoms with van der Waals surface area (Å²) < 4.78 is 0. The minimum absolute atomic E-state index is 0.728. The highest BCUT2D eigenvalue weighted by Gasteiger charge is 2.04. The zero-order valence-corrected chi connectivity index (χ0v) is 9.77. The van der Waals surface area contributed by atoms with Gasteiger partial charge in [0.25, 0.3) is 0 Å². The number of nitrogens with zero attached hydrogens (tertiary/aromatic N) is 1. The first-order valence-corrected chi connectivity index (χ1v) is 5.63. The fraction of sp³-hybridized carbons (Fsp3) is 1.00. The van der Waals surface area contributed by atoms with Gasteiger partial charge in [0.2, 0.25) is 0 Å². The molecule has 0 aromatic carbocycles. The van der Waals surface area contributed by atoms with E-state index in [2.05, 4.69) is 38.0 Å². The normalized spacial score (nSPS) is 13.6. The van der Waals surface area contributed by atoms with E-state index in [1.165, 1.54) is 25.8 Å². The summed E-state index contributed by atoms with van der Waals surface area (Å²) in [5.74, 6) is 0. The van der Waals surface area contributed by atoms with Gasteiger partial charge in [0.05, 0.1) is 0 Å². The SMILES string of the molecule is CCCNCCCN(C)C(C)CC. The Hall–Kier alpha value is -0.0800. The van der Waals surface area contributed by atoms with Crippen LogP contribution in [0, 0.1) is 0 Å². The molecule has 0 aromatic heterocycles. The second kappa shape index (κ2) is 8.52. The molecule has 13 heavy (non-hydrogen) atoms. The third-order valence-corrected chi connectivity index (χ3v) is 2.63. The highest BCUT2D eigenvalue weighted by atomic mass is 15.1. The first-order chi connectivity index (χ1) is 6.22. The Kier molecular flexibility index (Phi) is 8.46. The van der Waals surface area contributed by atoms with E-state index in [9.17, 15) is 0 Å². The first-order valence-electron chi connectivity index (χ1n) is 5.63. The van der Waals surface area contributed by atoms with Crippen LogP contribution in [0.1, 0.15) is 40.0 Å². The van der Waals surface area contributed by atoms with Crippen LogP contribution in [0.4, 0.5) is 0 Å². The topological polar surface area (TPSA) is 15.3 Å². The van der Waals surface area contributed by atoms with Crippen molar-refractivity contribution >= 4 is 0 Å². The molecule has 0 aliphatic carbocycles. The molecular weight excluding hydrogens is 160 g/mol. The van der Waals surface area contributed by atoms with E-state index in [0.29, 0.717) is 0 Å². The lowest BCUT2D eigenvalue weighted by Gasteiger charge is -2.23. The van der Waals surface area contributed by atoms with Crippen molar-refractivity contribution in [3.05, 3.63) is 0 Å². The molecule has 0 aliphatic rings. The molecule has 0 bridgehead atoms. The molecule has 0 spiro atoms. The summed E-state index contributed by atoms with van der Waals surface area (Å²) in [6, 6.07) is 0.728. The van der Waals surface area contributed by atoms with E-state index in [-0.39, 0.29) is 0 Å². The zero-order valence-electron chi connectivity index (χ0n) is 9.77. The predicted molar refractivity (Wildman–Crippen MR) is 60.2 cm³/mol. The average Bonchev–Trinajstić information content (AvgIpc) is 2.16. The Morgan fingerprint density at radius 3 is 2.46 bits per heavy atom. The Bertz CT molecular complexity index is 104. The second-order valence-electron chi connectivity index (χ2n) is 3.84. The molecule has 0 saturated heterocycles. The van der Waals surface area contributed by atoms with Gasteiger partial charge >= 0.3 is 0 Å². The van der Waals surface area contributed by atoms with Gasteiger partial charge in [0.1, 0.15) is 0 Å². The molecule has 0 fully saturated rings. The van der Waals surface area contributed by atoms with Gasteiger partial charge in [-0.1, -0.05) is 13.8 Å². The van der Waals surface area contributed by atoms with Crippen molar-refractivity contribution in [1.82, 2.24) is 10.2 Å². The van der Waals surface area contributed by atoms with Crippen LogP contribution in [0.15, 0.2) is 0 Å². The summed E-state index contributed by atoms with van der Waals surface area (Å²) in [4.78, 5) is 2.44. The van der Waals surface area contributed by atoms with Gasteiger partial charge in [-0.3, -0.25) is 0 Å². The zero-order chi connectivity index (χ0) is 10.1. The third-order valence-electron chi connectivity index (χ3n) is 2.63. The largest absolute Gasteiger partial charge is 0.317 e. The van der Waals surface area contributed by atoms with Crippen LogP contribution in [0.2, 0.25) is 0 Å². The number of hydrogen-bond donors (Lipinski definition) is 1. The molecule has 0 heterocycles. The lowest BCUT2D eigenvalue weighted by molar-refractivity contribution is 0.248. The summed E-state index contributed by atoms with van der Waals surface area (Å²) in [6.45, 7) is 10.3. The monoisotopic (exact) mass is 186 g/mol. The van der Waals surface area contributed by atoms with Crippen LogP contribution in [0.3, 0.4) is 0 Å². The molecule has 1 N–H and O–H groups in total. The van der Waals surface area contributed by atoms with E-state index in [4.69, 9.17) is 0 Å². The van der Waals surface area contributed by atoms with Crippen molar-refractivity contribution in [2.45, 2.75) is 46.1 Å². The summed E-state index contributed by atoms with van der Waals surface area (Å²) in [7, 11) is 2.22. The summed E-state index contributed by atoms with van der Waals surface area (Å²) >= 11 is 0. The van der Waals surface area contributed by atoms with Crippen LogP contribution in [0.5, 0.6) is 0 Å². The van der Waals surface area contributed by atoms with E-state index in [0.717, 1.165) is 19.1 Å². The Morgan fingerprint density at radius 1 is 1.23 bits per heavy atom. The summed E-state index contributed by atoms with van der Waals surface area (Å²) in [5, 5.41) is 3.42. The molecule has 2 heteroatoms. The van der Waals surface area contributed by atoms with Crippen molar-refractivity contribution in [3.63, 3.8) is 0 Å². The van der Waals surface area contributed by atoms with Crippen LogP contribution in [-0.4, -0.2) is 37.6 Å². The van der Waals surface area contributed by atoms with Crippen LogP contribution in [-0.2, 0) is 0 Å². The minimum Gasteiger partial charge on any atom is -0.317 e. The van der Waals surface area contributed by atoms with E-state index < -0.39 is 0 Å². The molecule has 2 nitrogen and oxygen atoms in total. The smallest absolute Gasteiger partial charge is 0.00612 e. The van der Waals surface area contributed by atoms with Gasteiger partial charge in [-0.2, -0.15) is 0 Å². The van der Waals surface area contributed by atoms with Gasteiger partial charge in [-0.25, -0.2) is 0 Å². The fourth-order valence-corrected chi connectivity index (χ4v) is 1.29. The quantitative estimate of drug-likeness (QED) is 0.584. The highest BCUT2D eigenvalue weighted by molar-refractivity contribution is 4.61. The highest BCUT2D eigenvalue weighted by Crippen LogP contribution is 1.99.